The third kappa shape index (κ3) is 7.07. The maximum Gasteiger partial charge on any atom is 0.254 e. The Balaban J connectivity index is 1.50. The fraction of sp³-hybridized carbons (Fsp3) is 0.323. The molecule has 0 bridgehead atoms. The monoisotopic (exact) mass is 545 g/mol. The number of hydrogen-bond donors (Lipinski definition) is 3. The molecule has 204 valence electrons. The van der Waals surface area contributed by atoms with E-state index in [1.54, 1.807) is 12.1 Å². The summed E-state index contributed by atoms with van der Waals surface area (Å²) in [7, 11) is 0. The second kappa shape index (κ2) is 13.0. The maximum atomic E-state index is 13.7. The zero-order valence-corrected chi connectivity index (χ0v) is 23.3. The predicted octanol–water partition coefficient (Wildman–Crippen LogP) is 3.61. The van der Waals surface area contributed by atoms with Gasteiger partial charge in [-0.15, -0.1) is 11.8 Å². The SMILES string of the molecule is Cc1ccc(C(=O)NC(Cc2ccccc2)[C@H](O)C(=O)N2CSC(C)[C@H]2C(=O)NCc2ccccc2C)cc1. The molecule has 1 saturated heterocycles. The number of nitrogens with zero attached hydrogens (tertiary/aromatic N) is 1. The highest BCUT2D eigenvalue weighted by atomic mass is 32.2. The molecule has 0 aliphatic carbocycles. The summed E-state index contributed by atoms with van der Waals surface area (Å²) >= 11 is 1.49. The van der Waals surface area contributed by atoms with E-state index >= 15 is 0 Å². The van der Waals surface area contributed by atoms with Gasteiger partial charge in [0.15, 0.2) is 6.10 Å². The number of aliphatic hydroxyl groups excluding tert-OH is 1. The van der Waals surface area contributed by atoms with Crippen molar-refractivity contribution in [2.45, 2.75) is 57.2 Å². The zero-order chi connectivity index (χ0) is 27.9. The van der Waals surface area contributed by atoms with E-state index in [0.717, 1.165) is 22.3 Å². The molecule has 0 radical (unpaired) electrons. The highest BCUT2D eigenvalue weighted by Gasteiger charge is 2.43. The van der Waals surface area contributed by atoms with Crippen molar-refractivity contribution in [3.63, 3.8) is 0 Å². The van der Waals surface area contributed by atoms with E-state index in [2.05, 4.69) is 10.6 Å². The average Bonchev–Trinajstić information content (AvgIpc) is 3.33. The Hall–Kier alpha value is -3.62. The maximum absolute atomic E-state index is 13.7. The Morgan fingerprint density at radius 2 is 1.64 bits per heavy atom. The van der Waals surface area contributed by atoms with Gasteiger partial charge in [-0.2, -0.15) is 0 Å². The van der Waals surface area contributed by atoms with Crippen LogP contribution in [-0.4, -0.2) is 57.0 Å². The standard InChI is InChI=1S/C31H35N3O4S/c1-20-13-15-24(16-14-20)29(36)33-26(17-23-10-5-4-6-11-23)28(35)31(38)34-19-39-22(3)27(34)30(37)32-18-25-12-8-7-9-21(25)2/h4-16,22,26-28,35H,17-19H2,1-3H3,(H,32,37)(H,33,36)/t22?,26?,27-,28-/m0/s1. The molecule has 7 nitrogen and oxygen atoms in total. The topological polar surface area (TPSA) is 98.7 Å². The van der Waals surface area contributed by atoms with Gasteiger partial charge < -0.3 is 20.6 Å². The van der Waals surface area contributed by atoms with Crippen molar-refractivity contribution in [1.82, 2.24) is 15.5 Å². The summed E-state index contributed by atoms with van der Waals surface area (Å²) in [6.45, 7) is 6.18. The van der Waals surface area contributed by atoms with Crippen molar-refractivity contribution in [1.29, 1.82) is 0 Å². The zero-order valence-electron chi connectivity index (χ0n) is 22.5. The Bertz CT molecular complexity index is 1300. The Labute approximate surface area is 234 Å². The predicted molar refractivity (Wildman–Crippen MR) is 154 cm³/mol. The van der Waals surface area contributed by atoms with Crippen LogP contribution in [-0.2, 0) is 22.6 Å². The molecule has 0 aromatic heterocycles. The van der Waals surface area contributed by atoms with E-state index in [4.69, 9.17) is 0 Å². The number of benzene rings is 3. The molecule has 1 heterocycles. The number of carbonyl (C=O) groups excluding carboxylic acids is 3. The van der Waals surface area contributed by atoms with Crippen LogP contribution in [0.1, 0.15) is 39.5 Å². The van der Waals surface area contributed by atoms with Gasteiger partial charge in [-0.25, -0.2) is 0 Å². The fourth-order valence-electron chi connectivity index (χ4n) is 4.68. The Morgan fingerprint density at radius 3 is 2.33 bits per heavy atom. The number of thioether (sulfide) groups is 1. The summed E-state index contributed by atoms with van der Waals surface area (Å²) in [5, 5.41) is 17.0. The van der Waals surface area contributed by atoms with Crippen molar-refractivity contribution in [3.8, 4) is 0 Å². The Morgan fingerprint density at radius 1 is 0.974 bits per heavy atom. The fourth-order valence-corrected chi connectivity index (χ4v) is 5.82. The largest absolute Gasteiger partial charge is 0.381 e. The third-order valence-corrected chi connectivity index (χ3v) is 8.30. The van der Waals surface area contributed by atoms with Crippen LogP contribution in [0.25, 0.3) is 0 Å². The minimum Gasteiger partial charge on any atom is -0.381 e. The molecule has 1 fully saturated rings. The van der Waals surface area contributed by atoms with Crippen LogP contribution >= 0.6 is 11.8 Å². The molecule has 3 N–H and O–H groups in total. The second-order valence-electron chi connectivity index (χ2n) is 9.98. The number of aryl methyl sites for hydroxylation is 2. The van der Waals surface area contributed by atoms with E-state index < -0.39 is 24.1 Å². The molecule has 4 atom stereocenters. The summed E-state index contributed by atoms with van der Waals surface area (Å²) in [6.07, 6.45) is -1.27. The number of rotatable bonds is 9. The summed E-state index contributed by atoms with van der Waals surface area (Å²) in [5.74, 6) is -0.934. The van der Waals surface area contributed by atoms with Gasteiger partial charge in [-0.05, 0) is 49.1 Å². The summed E-state index contributed by atoms with van der Waals surface area (Å²) in [5.41, 5.74) is 4.41. The number of amides is 3. The minimum atomic E-state index is -1.53. The lowest BCUT2D eigenvalue weighted by atomic mass is 9.99. The highest BCUT2D eigenvalue weighted by Crippen LogP contribution is 2.30. The number of carbonyl (C=O) groups is 3. The van der Waals surface area contributed by atoms with Crippen LogP contribution < -0.4 is 10.6 Å². The van der Waals surface area contributed by atoms with Crippen LogP contribution in [0.4, 0.5) is 0 Å². The summed E-state index contributed by atoms with van der Waals surface area (Å²) < 4.78 is 0. The number of hydrogen-bond acceptors (Lipinski definition) is 5. The van der Waals surface area contributed by atoms with Gasteiger partial charge in [0.05, 0.1) is 11.9 Å². The first kappa shape index (κ1) is 28.4. The van der Waals surface area contributed by atoms with Gasteiger partial charge in [-0.1, -0.05) is 79.2 Å². The van der Waals surface area contributed by atoms with E-state index in [0.29, 0.717) is 12.1 Å². The molecule has 1 aliphatic rings. The highest BCUT2D eigenvalue weighted by molar-refractivity contribution is 8.00. The van der Waals surface area contributed by atoms with Crippen LogP contribution in [0, 0.1) is 13.8 Å². The normalized spacial score (nSPS) is 18.3. The Kier molecular flexibility index (Phi) is 9.43. The molecular formula is C31H35N3O4S. The number of aliphatic hydroxyl groups is 1. The smallest absolute Gasteiger partial charge is 0.254 e. The molecule has 3 amide bonds. The molecule has 0 saturated carbocycles. The molecule has 39 heavy (non-hydrogen) atoms. The van der Waals surface area contributed by atoms with Crippen molar-refractivity contribution >= 4 is 29.5 Å². The van der Waals surface area contributed by atoms with Gasteiger partial charge in [-0.3, -0.25) is 14.4 Å². The van der Waals surface area contributed by atoms with Gasteiger partial charge in [0, 0.05) is 17.4 Å². The second-order valence-corrected chi connectivity index (χ2v) is 11.3. The third-order valence-electron chi connectivity index (χ3n) is 7.09. The lowest BCUT2D eigenvalue weighted by Crippen LogP contribution is -2.57. The molecule has 8 heteroatoms. The first-order valence-corrected chi connectivity index (χ1v) is 14.1. The first-order valence-electron chi connectivity index (χ1n) is 13.1. The lowest BCUT2D eigenvalue weighted by Gasteiger charge is -2.30. The van der Waals surface area contributed by atoms with Gasteiger partial charge >= 0.3 is 0 Å². The van der Waals surface area contributed by atoms with E-state index in [9.17, 15) is 19.5 Å². The van der Waals surface area contributed by atoms with Crippen molar-refractivity contribution in [2.75, 3.05) is 5.88 Å². The average molecular weight is 546 g/mol. The van der Waals surface area contributed by atoms with Crippen molar-refractivity contribution < 1.29 is 19.5 Å². The number of nitrogens with one attached hydrogen (secondary N) is 2. The molecule has 2 unspecified atom stereocenters. The van der Waals surface area contributed by atoms with Crippen LogP contribution in [0.15, 0.2) is 78.9 Å². The minimum absolute atomic E-state index is 0.146. The summed E-state index contributed by atoms with van der Waals surface area (Å²) in [4.78, 5) is 41.4. The summed E-state index contributed by atoms with van der Waals surface area (Å²) in [6, 6.07) is 22.7. The van der Waals surface area contributed by atoms with Crippen LogP contribution in [0.3, 0.4) is 0 Å². The molecule has 3 aromatic carbocycles. The van der Waals surface area contributed by atoms with Crippen LogP contribution in [0.2, 0.25) is 0 Å². The van der Waals surface area contributed by atoms with E-state index in [1.165, 1.54) is 16.7 Å². The van der Waals surface area contributed by atoms with E-state index in [-0.39, 0.29) is 29.4 Å². The van der Waals surface area contributed by atoms with Gasteiger partial charge in [0.1, 0.15) is 6.04 Å². The van der Waals surface area contributed by atoms with Crippen LogP contribution in [0.5, 0.6) is 0 Å². The lowest BCUT2D eigenvalue weighted by molar-refractivity contribution is -0.146. The quantitative estimate of drug-likeness (QED) is 0.382. The molecular weight excluding hydrogens is 510 g/mol. The van der Waals surface area contributed by atoms with Gasteiger partial charge in [0.25, 0.3) is 11.8 Å². The molecule has 0 spiro atoms. The van der Waals surface area contributed by atoms with E-state index in [1.807, 2.05) is 87.5 Å². The van der Waals surface area contributed by atoms with Crippen molar-refractivity contribution in [3.05, 3.63) is 107 Å². The van der Waals surface area contributed by atoms with Gasteiger partial charge in [0.2, 0.25) is 5.91 Å². The molecule has 3 aromatic rings. The van der Waals surface area contributed by atoms with Crippen molar-refractivity contribution in [2.24, 2.45) is 0 Å². The first-order chi connectivity index (χ1) is 18.7. The molecule has 1 aliphatic heterocycles. The molecule has 4 rings (SSSR count).